The maximum Gasteiger partial charge on any atom is 0.125 e. The lowest BCUT2D eigenvalue weighted by atomic mass is 9.40. The van der Waals surface area contributed by atoms with Crippen molar-refractivity contribution in [1.82, 2.24) is 0 Å². The summed E-state index contributed by atoms with van der Waals surface area (Å²) in [5.41, 5.74) is 0.0275. The fraction of sp³-hybridized carbons (Fsp3) is 1.00. The van der Waals surface area contributed by atoms with Crippen molar-refractivity contribution in [3.8, 4) is 0 Å². The van der Waals surface area contributed by atoms with Gasteiger partial charge in [-0.2, -0.15) is 0 Å². The van der Waals surface area contributed by atoms with Crippen LogP contribution >= 0.6 is 0 Å². The Morgan fingerprint density at radius 2 is 1.12 bits per heavy atom. The van der Waals surface area contributed by atoms with Crippen molar-refractivity contribution in [3.05, 3.63) is 0 Å². The fourth-order valence-electron chi connectivity index (χ4n) is 1.89. The summed E-state index contributed by atoms with van der Waals surface area (Å²) in [6, 6.07) is 0. The molecule has 0 aromatic heterocycles. The van der Waals surface area contributed by atoms with Gasteiger partial charge in [0.1, 0.15) is 7.28 Å². The molecule has 0 aromatic carbocycles. The molecule has 0 saturated carbocycles. The van der Waals surface area contributed by atoms with Crippen LogP contribution in [-0.4, -0.2) is 18.5 Å². The predicted molar refractivity (Wildman–Crippen MR) is 74.1 cm³/mol. The molecule has 0 aliphatic rings. The van der Waals surface area contributed by atoms with Gasteiger partial charge in [-0.3, -0.25) is 0 Å². The summed E-state index contributed by atoms with van der Waals surface area (Å²) in [7, 11) is 2.31. The van der Waals surface area contributed by atoms with Crippen molar-refractivity contribution in [2.75, 3.05) is 0 Å². The number of hydrogen-bond donors (Lipinski definition) is 1. The maximum absolute atomic E-state index is 10.5. The van der Waals surface area contributed by atoms with E-state index in [2.05, 4.69) is 69.6 Å². The van der Waals surface area contributed by atoms with Crippen molar-refractivity contribution in [1.29, 1.82) is 0 Å². The molecule has 1 N–H and O–H groups in total. The molecule has 1 nitrogen and oxygen atoms in total. The molecule has 16 heavy (non-hydrogen) atoms. The van der Waals surface area contributed by atoms with E-state index in [-0.39, 0.29) is 28.1 Å². The van der Waals surface area contributed by atoms with E-state index in [4.69, 9.17) is 0 Å². The van der Waals surface area contributed by atoms with E-state index in [1.807, 2.05) is 0 Å². The van der Waals surface area contributed by atoms with Crippen molar-refractivity contribution >= 4 is 7.28 Å². The third-order valence-electron chi connectivity index (χ3n) is 2.91. The van der Waals surface area contributed by atoms with E-state index < -0.39 is 0 Å². The van der Waals surface area contributed by atoms with Gasteiger partial charge in [0.05, 0.1) is 6.10 Å². The van der Waals surface area contributed by atoms with Crippen LogP contribution in [0.15, 0.2) is 0 Å². The molecule has 0 spiro atoms. The molecule has 0 amide bonds. The highest BCUT2D eigenvalue weighted by molar-refractivity contribution is 6.42. The Bertz CT molecular complexity index is 214. The normalized spacial score (nSPS) is 18.1. The van der Waals surface area contributed by atoms with Crippen LogP contribution in [-0.2, 0) is 0 Å². The van der Waals surface area contributed by atoms with Gasteiger partial charge in [-0.25, -0.2) is 0 Å². The van der Waals surface area contributed by atoms with Gasteiger partial charge in [-0.15, -0.1) is 0 Å². The first-order valence-electron chi connectivity index (χ1n) is 6.29. The zero-order valence-corrected chi connectivity index (χ0v) is 12.7. The van der Waals surface area contributed by atoms with Gasteiger partial charge >= 0.3 is 0 Å². The van der Waals surface area contributed by atoms with Gasteiger partial charge in [0, 0.05) is 0 Å². The molecule has 1 radical (unpaired) electrons. The first kappa shape index (κ1) is 16.0. The minimum Gasteiger partial charge on any atom is -0.393 e. The summed E-state index contributed by atoms with van der Waals surface area (Å²) >= 11 is 0. The minimum atomic E-state index is -0.299. The van der Waals surface area contributed by atoms with Crippen molar-refractivity contribution < 1.29 is 5.11 Å². The van der Waals surface area contributed by atoms with Crippen LogP contribution in [0.5, 0.6) is 0 Å². The second kappa shape index (κ2) is 4.72. The number of aliphatic hydroxyl groups is 1. The van der Waals surface area contributed by atoms with Gasteiger partial charge in [-0.05, 0) is 16.6 Å². The molecule has 2 unspecified atom stereocenters. The Kier molecular flexibility index (Phi) is 4.73. The van der Waals surface area contributed by atoms with Crippen LogP contribution in [0, 0.1) is 10.8 Å². The van der Waals surface area contributed by atoms with E-state index in [0.29, 0.717) is 0 Å². The molecule has 0 heterocycles. The van der Waals surface area contributed by atoms with Gasteiger partial charge in [-0.1, -0.05) is 67.6 Å². The summed E-state index contributed by atoms with van der Waals surface area (Å²) < 4.78 is 0. The van der Waals surface area contributed by atoms with E-state index in [0.717, 1.165) is 0 Å². The highest BCUT2D eigenvalue weighted by atomic mass is 16.3. The third kappa shape index (κ3) is 5.38. The Hall–Kier alpha value is 0.0249. The lowest BCUT2D eigenvalue weighted by Crippen LogP contribution is -2.41. The summed E-state index contributed by atoms with van der Waals surface area (Å²) in [6.45, 7) is 19.5. The minimum absolute atomic E-state index is 0.0697. The lowest BCUT2D eigenvalue weighted by molar-refractivity contribution is 0.0277. The second-order valence-electron chi connectivity index (χ2n) is 8.24. The van der Waals surface area contributed by atoms with Gasteiger partial charge < -0.3 is 5.11 Å². The molecule has 0 rings (SSSR count). The van der Waals surface area contributed by atoms with Crippen LogP contribution in [0.25, 0.3) is 0 Å². The summed E-state index contributed by atoms with van der Waals surface area (Å²) in [4.78, 5) is 0. The van der Waals surface area contributed by atoms with Crippen molar-refractivity contribution in [3.63, 3.8) is 0 Å². The topological polar surface area (TPSA) is 20.2 Å². The molecule has 0 saturated heterocycles. The van der Waals surface area contributed by atoms with Crippen LogP contribution in [0.1, 0.15) is 62.3 Å². The van der Waals surface area contributed by atoms with Crippen molar-refractivity contribution in [2.45, 2.75) is 79.5 Å². The first-order chi connectivity index (χ1) is 6.75. The zero-order chi connectivity index (χ0) is 13.4. The van der Waals surface area contributed by atoms with Gasteiger partial charge in [0.15, 0.2) is 0 Å². The van der Waals surface area contributed by atoms with E-state index >= 15 is 0 Å². The van der Waals surface area contributed by atoms with Crippen LogP contribution in [0.2, 0.25) is 11.1 Å². The monoisotopic (exact) mass is 225 g/mol. The average Bonchev–Trinajstić information content (AvgIpc) is 1.93. The highest BCUT2D eigenvalue weighted by Crippen LogP contribution is 2.44. The largest absolute Gasteiger partial charge is 0.393 e. The maximum atomic E-state index is 10.5. The smallest absolute Gasteiger partial charge is 0.125 e. The highest BCUT2D eigenvalue weighted by Gasteiger charge is 2.39. The SMILES string of the molecule is CC(C)(C)[B]C(C(O)C(C)(C)C)C(C)(C)C. The summed E-state index contributed by atoms with van der Waals surface area (Å²) in [5, 5.41) is 10.7. The van der Waals surface area contributed by atoms with E-state index in [9.17, 15) is 5.11 Å². The lowest BCUT2D eigenvalue weighted by Gasteiger charge is -2.43. The molecule has 95 valence electrons. The average molecular weight is 225 g/mol. The van der Waals surface area contributed by atoms with Crippen molar-refractivity contribution in [2.24, 2.45) is 10.8 Å². The Morgan fingerprint density at radius 3 is 1.31 bits per heavy atom. The Morgan fingerprint density at radius 1 is 0.750 bits per heavy atom. The molecule has 0 aliphatic heterocycles. The molecule has 0 aliphatic carbocycles. The van der Waals surface area contributed by atoms with Crippen LogP contribution in [0.4, 0.5) is 0 Å². The van der Waals surface area contributed by atoms with E-state index in [1.165, 1.54) is 0 Å². The summed E-state index contributed by atoms with van der Waals surface area (Å²) in [5.74, 6) is 0.215. The quantitative estimate of drug-likeness (QED) is 0.700. The molecule has 0 bridgehead atoms. The van der Waals surface area contributed by atoms with E-state index in [1.54, 1.807) is 0 Å². The summed E-state index contributed by atoms with van der Waals surface area (Å²) in [6.07, 6.45) is -0.299. The first-order valence-corrected chi connectivity index (χ1v) is 6.29. The molecule has 0 aromatic rings. The second-order valence-corrected chi connectivity index (χ2v) is 8.24. The Labute approximate surface area is 103 Å². The third-order valence-corrected chi connectivity index (χ3v) is 2.91. The van der Waals surface area contributed by atoms with Crippen LogP contribution in [0.3, 0.4) is 0 Å². The molecular weight excluding hydrogens is 195 g/mol. The fourth-order valence-corrected chi connectivity index (χ4v) is 1.89. The molecule has 2 heteroatoms. The standard InChI is InChI=1S/C14H30BO/c1-12(2,3)10(15-14(7,8)9)11(16)13(4,5)6/h10-11,16H,1-9H3. The predicted octanol–water partition coefficient (Wildman–Crippen LogP) is 4.15. The van der Waals surface area contributed by atoms with Crippen LogP contribution < -0.4 is 0 Å². The number of rotatable bonds is 2. The number of hydrogen-bond acceptors (Lipinski definition) is 1. The Balaban J connectivity index is 4.98. The number of aliphatic hydroxyl groups excluding tert-OH is 1. The molecular formula is C14H30BO. The molecule has 2 atom stereocenters. The molecule has 0 fully saturated rings. The zero-order valence-electron chi connectivity index (χ0n) is 12.7. The van der Waals surface area contributed by atoms with Gasteiger partial charge in [0.2, 0.25) is 0 Å². The van der Waals surface area contributed by atoms with Gasteiger partial charge in [0.25, 0.3) is 0 Å².